The van der Waals surface area contributed by atoms with Gasteiger partial charge in [0.25, 0.3) is 0 Å². The van der Waals surface area contributed by atoms with Crippen LogP contribution in [0.2, 0.25) is 0 Å². The Labute approximate surface area is 124 Å². The van der Waals surface area contributed by atoms with Crippen LogP contribution in [-0.2, 0) is 4.79 Å². The molecule has 5 heteroatoms. The van der Waals surface area contributed by atoms with E-state index in [1.807, 2.05) is 4.90 Å². The van der Waals surface area contributed by atoms with E-state index in [1.165, 1.54) is 12.8 Å². The van der Waals surface area contributed by atoms with Gasteiger partial charge in [0.05, 0.1) is 6.54 Å². The Kier molecular flexibility index (Phi) is 10.3. The molecule has 1 heterocycles. The summed E-state index contributed by atoms with van der Waals surface area (Å²) in [7, 11) is 0. The Morgan fingerprint density at radius 3 is 2.47 bits per heavy atom. The predicted octanol–water partition coefficient (Wildman–Crippen LogP) is 1.73. The molecule has 0 saturated carbocycles. The number of halogens is 1. The highest BCUT2D eigenvalue weighted by atomic mass is 35.5. The molecule has 114 valence electrons. The first kappa shape index (κ1) is 18.7. The summed E-state index contributed by atoms with van der Waals surface area (Å²) in [5, 5.41) is 0. The molecule has 4 nitrogen and oxygen atoms in total. The lowest BCUT2D eigenvalue weighted by molar-refractivity contribution is -0.133. The molecular formula is C14H30ClN3O. The number of carbonyl (C=O) groups excluding carboxylic acids is 1. The largest absolute Gasteiger partial charge is 0.342 e. The van der Waals surface area contributed by atoms with Gasteiger partial charge in [-0.1, -0.05) is 13.8 Å². The van der Waals surface area contributed by atoms with Gasteiger partial charge in [-0.25, -0.2) is 0 Å². The van der Waals surface area contributed by atoms with Crippen molar-refractivity contribution in [2.24, 2.45) is 11.7 Å². The van der Waals surface area contributed by atoms with Crippen molar-refractivity contribution in [3.8, 4) is 0 Å². The molecule has 0 spiro atoms. The molecule has 1 unspecified atom stereocenters. The summed E-state index contributed by atoms with van der Waals surface area (Å²) in [6.45, 7) is 9.40. The first-order valence-corrected chi connectivity index (χ1v) is 7.41. The Balaban J connectivity index is 0.00000324. The van der Waals surface area contributed by atoms with Gasteiger partial charge in [-0.3, -0.25) is 9.69 Å². The smallest absolute Gasteiger partial charge is 0.236 e. The zero-order chi connectivity index (χ0) is 13.4. The molecule has 19 heavy (non-hydrogen) atoms. The van der Waals surface area contributed by atoms with Crippen LogP contribution in [0.15, 0.2) is 0 Å². The number of amides is 1. The number of hydrogen-bond donors (Lipinski definition) is 1. The fourth-order valence-electron chi connectivity index (χ4n) is 2.68. The van der Waals surface area contributed by atoms with E-state index in [4.69, 9.17) is 5.73 Å². The van der Waals surface area contributed by atoms with Gasteiger partial charge < -0.3 is 10.6 Å². The van der Waals surface area contributed by atoms with E-state index in [-0.39, 0.29) is 18.3 Å². The van der Waals surface area contributed by atoms with Crippen molar-refractivity contribution in [2.45, 2.75) is 39.5 Å². The average Bonchev–Trinajstić information content (AvgIpc) is 2.38. The number of hydrogen-bond acceptors (Lipinski definition) is 3. The van der Waals surface area contributed by atoms with Crippen molar-refractivity contribution in [2.75, 3.05) is 39.3 Å². The zero-order valence-corrected chi connectivity index (χ0v) is 13.3. The highest BCUT2D eigenvalue weighted by Gasteiger charge is 2.22. The van der Waals surface area contributed by atoms with E-state index in [2.05, 4.69) is 18.7 Å². The van der Waals surface area contributed by atoms with Crippen LogP contribution >= 0.6 is 12.4 Å². The van der Waals surface area contributed by atoms with Crippen LogP contribution in [0.4, 0.5) is 0 Å². The molecule has 1 rings (SSSR count). The monoisotopic (exact) mass is 291 g/mol. The second-order valence-electron chi connectivity index (χ2n) is 5.36. The van der Waals surface area contributed by atoms with Crippen LogP contribution < -0.4 is 5.73 Å². The van der Waals surface area contributed by atoms with Crippen molar-refractivity contribution >= 4 is 18.3 Å². The minimum Gasteiger partial charge on any atom is -0.342 e. The van der Waals surface area contributed by atoms with Gasteiger partial charge in [-0.05, 0) is 44.7 Å². The van der Waals surface area contributed by atoms with E-state index >= 15 is 0 Å². The standard InChI is InChI=1S/C14H29N3O.ClH/c1-3-7-17(8-4-2)14(18)12-16-9-5-6-13(10-15)11-16;/h13H,3-12,15H2,1-2H3;1H. The summed E-state index contributed by atoms with van der Waals surface area (Å²) < 4.78 is 0. The minimum atomic E-state index is 0. The molecule has 2 N–H and O–H groups in total. The SMILES string of the molecule is CCCN(CCC)C(=O)CN1CCCC(CN)C1.Cl. The number of likely N-dealkylation sites (tertiary alicyclic amines) is 1. The Hall–Kier alpha value is -0.320. The number of piperidine rings is 1. The fraction of sp³-hybridized carbons (Fsp3) is 0.929. The lowest BCUT2D eigenvalue weighted by Crippen LogP contribution is -2.45. The second kappa shape index (κ2) is 10.5. The van der Waals surface area contributed by atoms with Crippen LogP contribution in [0.3, 0.4) is 0 Å². The van der Waals surface area contributed by atoms with Gasteiger partial charge in [0, 0.05) is 19.6 Å². The molecule has 1 amide bonds. The predicted molar refractivity (Wildman–Crippen MR) is 82.6 cm³/mol. The molecule has 0 aromatic carbocycles. The van der Waals surface area contributed by atoms with Gasteiger partial charge in [0.15, 0.2) is 0 Å². The molecule has 1 atom stereocenters. The quantitative estimate of drug-likeness (QED) is 0.777. The van der Waals surface area contributed by atoms with Crippen molar-refractivity contribution in [1.29, 1.82) is 0 Å². The molecule has 0 aromatic rings. The highest BCUT2D eigenvalue weighted by Crippen LogP contribution is 2.15. The summed E-state index contributed by atoms with van der Waals surface area (Å²) in [5.41, 5.74) is 5.73. The van der Waals surface area contributed by atoms with Crippen LogP contribution in [0.25, 0.3) is 0 Å². The molecule has 0 radical (unpaired) electrons. The normalized spacial score (nSPS) is 19.8. The zero-order valence-electron chi connectivity index (χ0n) is 12.4. The molecule has 0 bridgehead atoms. The van der Waals surface area contributed by atoms with Gasteiger partial charge in [-0.2, -0.15) is 0 Å². The van der Waals surface area contributed by atoms with E-state index in [0.717, 1.165) is 45.6 Å². The third kappa shape index (κ3) is 6.59. The Morgan fingerprint density at radius 1 is 1.32 bits per heavy atom. The lowest BCUT2D eigenvalue weighted by Gasteiger charge is -2.33. The van der Waals surface area contributed by atoms with E-state index < -0.39 is 0 Å². The number of nitrogens with two attached hydrogens (primary N) is 1. The van der Waals surface area contributed by atoms with E-state index in [9.17, 15) is 4.79 Å². The maximum absolute atomic E-state index is 12.2. The average molecular weight is 292 g/mol. The maximum Gasteiger partial charge on any atom is 0.236 e. The second-order valence-corrected chi connectivity index (χ2v) is 5.36. The summed E-state index contributed by atoms with van der Waals surface area (Å²) in [6.07, 6.45) is 4.47. The molecule has 1 aliphatic rings. The molecule has 0 aliphatic carbocycles. The summed E-state index contributed by atoms with van der Waals surface area (Å²) >= 11 is 0. The van der Waals surface area contributed by atoms with Gasteiger partial charge in [-0.15, -0.1) is 12.4 Å². The van der Waals surface area contributed by atoms with Crippen LogP contribution in [0, 0.1) is 5.92 Å². The van der Waals surface area contributed by atoms with Gasteiger partial charge in [0.1, 0.15) is 0 Å². The molecular weight excluding hydrogens is 262 g/mol. The number of carbonyl (C=O) groups is 1. The third-order valence-electron chi connectivity index (χ3n) is 3.64. The maximum atomic E-state index is 12.2. The minimum absolute atomic E-state index is 0. The summed E-state index contributed by atoms with van der Waals surface area (Å²) in [5.74, 6) is 0.869. The first-order valence-electron chi connectivity index (χ1n) is 7.41. The summed E-state index contributed by atoms with van der Waals surface area (Å²) in [6, 6.07) is 0. The first-order chi connectivity index (χ1) is 8.71. The van der Waals surface area contributed by atoms with Crippen molar-refractivity contribution in [1.82, 2.24) is 9.80 Å². The summed E-state index contributed by atoms with van der Waals surface area (Å²) in [4.78, 5) is 16.5. The third-order valence-corrected chi connectivity index (χ3v) is 3.64. The molecule has 1 aliphatic heterocycles. The Bertz CT molecular complexity index is 245. The Morgan fingerprint density at radius 2 is 1.95 bits per heavy atom. The van der Waals surface area contributed by atoms with E-state index in [0.29, 0.717) is 12.5 Å². The number of rotatable bonds is 7. The fourth-order valence-corrected chi connectivity index (χ4v) is 2.68. The lowest BCUT2D eigenvalue weighted by atomic mass is 9.98. The van der Waals surface area contributed by atoms with Gasteiger partial charge in [0.2, 0.25) is 5.91 Å². The van der Waals surface area contributed by atoms with E-state index in [1.54, 1.807) is 0 Å². The van der Waals surface area contributed by atoms with Crippen molar-refractivity contribution in [3.63, 3.8) is 0 Å². The van der Waals surface area contributed by atoms with Gasteiger partial charge >= 0.3 is 0 Å². The van der Waals surface area contributed by atoms with Crippen molar-refractivity contribution in [3.05, 3.63) is 0 Å². The topological polar surface area (TPSA) is 49.6 Å². The highest BCUT2D eigenvalue weighted by molar-refractivity contribution is 5.85. The molecule has 1 saturated heterocycles. The molecule has 1 fully saturated rings. The number of nitrogens with zero attached hydrogens (tertiary/aromatic N) is 2. The van der Waals surface area contributed by atoms with Crippen molar-refractivity contribution < 1.29 is 4.79 Å². The molecule has 0 aromatic heterocycles. The van der Waals surface area contributed by atoms with Crippen LogP contribution in [0.1, 0.15) is 39.5 Å². The van der Waals surface area contributed by atoms with Crippen LogP contribution in [-0.4, -0.2) is 55.0 Å². The van der Waals surface area contributed by atoms with Crippen LogP contribution in [0.5, 0.6) is 0 Å².